The van der Waals surface area contributed by atoms with Gasteiger partial charge in [0.05, 0.1) is 10.7 Å². The van der Waals surface area contributed by atoms with Crippen molar-refractivity contribution in [1.29, 1.82) is 0 Å². The standard InChI is InChI=1S/C16H16ClN5O/c1-9(2)12-7-13(22(3)21-12)16(23)20-14-5-4-10-6-11(17)8-18-15(10)19-14/h4-9H,1-3H3,(H,18,19,20,23). The van der Waals surface area contributed by atoms with E-state index in [1.54, 1.807) is 29.9 Å². The van der Waals surface area contributed by atoms with Crippen molar-refractivity contribution in [1.82, 2.24) is 19.7 Å². The molecule has 0 aliphatic heterocycles. The molecule has 0 radical (unpaired) electrons. The fourth-order valence-electron chi connectivity index (χ4n) is 2.22. The van der Waals surface area contributed by atoms with Crippen molar-refractivity contribution >= 4 is 34.4 Å². The first kappa shape index (κ1) is 15.4. The number of hydrogen-bond acceptors (Lipinski definition) is 4. The molecule has 1 amide bonds. The van der Waals surface area contributed by atoms with Crippen LogP contribution in [-0.2, 0) is 7.05 Å². The zero-order valence-electron chi connectivity index (χ0n) is 13.0. The van der Waals surface area contributed by atoms with Crippen LogP contribution in [0.15, 0.2) is 30.5 Å². The highest BCUT2D eigenvalue weighted by Gasteiger charge is 2.15. The van der Waals surface area contributed by atoms with E-state index < -0.39 is 0 Å². The zero-order chi connectivity index (χ0) is 16.6. The summed E-state index contributed by atoms with van der Waals surface area (Å²) in [5.74, 6) is 0.438. The molecule has 3 aromatic rings. The Morgan fingerprint density at radius 3 is 2.78 bits per heavy atom. The highest BCUT2D eigenvalue weighted by atomic mass is 35.5. The summed E-state index contributed by atoms with van der Waals surface area (Å²) < 4.78 is 1.57. The van der Waals surface area contributed by atoms with Crippen molar-refractivity contribution in [2.45, 2.75) is 19.8 Å². The van der Waals surface area contributed by atoms with Gasteiger partial charge in [0.1, 0.15) is 11.5 Å². The van der Waals surface area contributed by atoms with E-state index in [0.717, 1.165) is 11.1 Å². The molecule has 23 heavy (non-hydrogen) atoms. The lowest BCUT2D eigenvalue weighted by Gasteiger charge is -2.05. The number of aromatic nitrogens is 4. The fraction of sp³-hybridized carbons (Fsp3) is 0.250. The van der Waals surface area contributed by atoms with E-state index in [1.807, 2.05) is 19.9 Å². The molecule has 0 aromatic carbocycles. The Kier molecular flexibility index (Phi) is 4.00. The van der Waals surface area contributed by atoms with Gasteiger partial charge in [-0.05, 0) is 30.2 Å². The highest BCUT2D eigenvalue weighted by Crippen LogP contribution is 2.18. The number of aryl methyl sites for hydroxylation is 1. The minimum atomic E-state index is -0.257. The minimum Gasteiger partial charge on any atom is -0.305 e. The third kappa shape index (κ3) is 3.17. The molecule has 7 heteroatoms. The molecule has 1 N–H and O–H groups in total. The number of carbonyl (C=O) groups is 1. The van der Waals surface area contributed by atoms with Gasteiger partial charge in [0.25, 0.3) is 5.91 Å². The quantitative estimate of drug-likeness (QED) is 0.799. The smallest absolute Gasteiger partial charge is 0.275 e. The fourth-order valence-corrected chi connectivity index (χ4v) is 2.38. The van der Waals surface area contributed by atoms with Crippen LogP contribution in [0.2, 0.25) is 5.02 Å². The average Bonchev–Trinajstić information content (AvgIpc) is 2.90. The number of nitrogens with one attached hydrogen (secondary N) is 1. The first-order valence-corrected chi connectivity index (χ1v) is 7.59. The molecule has 0 saturated heterocycles. The molecule has 0 spiro atoms. The lowest BCUT2D eigenvalue weighted by Crippen LogP contribution is -2.16. The molecule has 0 fully saturated rings. The Labute approximate surface area is 138 Å². The van der Waals surface area contributed by atoms with Gasteiger partial charge in [0.15, 0.2) is 5.65 Å². The molecule has 0 saturated carbocycles. The van der Waals surface area contributed by atoms with E-state index >= 15 is 0 Å². The lowest BCUT2D eigenvalue weighted by molar-refractivity contribution is 0.101. The Balaban J connectivity index is 1.86. The molecular weight excluding hydrogens is 314 g/mol. The number of pyridine rings is 2. The van der Waals surface area contributed by atoms with Crippen molar-refractivity contribution in [3.63, 3.8) is 0 Å². The van der Waals surface area contributed by atoms with Crippen molar-refractivity contribution in [3.8, 4) is 0 Å². The monoisotopic (exact) mass is 329 g/mol. The second-order valence-corrected chi connectivity index (χ2v) is 6.02. The molecule has 0 bridgehead atoms. The first-order chi connectivity index (χ1) is 10.9. The summed E-state index contributed by atoms with van der Waals surface area (Å²) in [6, 6.07) is 7.11. The second kappa shape index (κ2) is 5.96. The molecule has 118 valence electrons. The van der Waals surface area contributed by atoms with Gasteiger partial charge in [-0.25, -0.2) is 9.97 Å². The Morgan fingerprint density at radius 2 is 2.09 bits per heavy atom. The number of carbonyl (C=O) groups excluding carboxylic acids is 1. The molecule has 0 aliphatic rings. The number of halogens is 1. The van der Waals surface area contributed by atoms with Crippen LogP contribution in [0.3, 0.4) is 0 Å². The second-order valence-electron chi connectivity index (χ2n) is 5.58. The van der Waals surface area contributed by atoms with Gasteiger partial charge in [0.2, 0.25) is 0 Å². The molecule has 3 rings (SSSR count). The largest absolute Gasteiger partial charge is 0.305 e. The van der Waals surface area contributed by atoms with E-state index in [-0.39, 0.29) is 11.8 Å². The number of anilines is 1. The number of amides is 1. The Hall–Kier alpha value is -2.47. The van der Waals surface area contributed by atoms with Gasteiger partial charge in [-0.2, -0.15) is 5.10 Å². The van der Waals surface area contributed by atoms with Gasteiger partial charge in [-0.1, -0.05) is 25.4 Å². The van der Waals surface area contributed by atoms with Crippen molar-refractivity contribution in [3.05, 3.63) is 46.9 Å². The summed E-state index contributed by atoms with van der Waals surface area (Å²) in [6.07, 6.45) is 1.53. The van der Waals surface area contributed by atoms with Gasteiger partial charge in [0, 0.05) is 18.6 Å². The van der Waals surface area contributed by atoms with E-state index in [4.69, 9.17) is 11.6 Å². The van der Waals surface area contributed by atoms with Crippen molar-refractivity contribution in [2.24, 2.45) is 7.05 Å². The third-order valence-electron chi connectivity index (χ3n) is 3.47. The Bertz CT molecular complexity index is 887. The van der Waals surface area contributed by atoms with E-state index in [0.29, 0.717) is 22.2 Å². The topological polar surface area (TPSA) is 72.7 Å². The maximum Gasteiger partial charge on any atom is 0.275 e. The van der Waals surface area contributed by atoms with E-state index in [1.165, 1.54) is 6.20 Å². The van der Waals surface area contributed by atoms with Crippen LogP contribution >= 0.6 is 11.6 Å². The van der Waals surface area contributed by atoms with E-state index in [2.05, 4.69) is 20.4 Å². The summed E-state index contributed by atoms with van der Waals surface area (Å²) in [5.41, 5.74) is 1.89. The molecule has 3 aromatic heterocycles. The molecule has 6 nitrogen and oxygen atoms in total. The van der Waals surface area contributed by atoms with Crippen molar-refractivity contribution < 1.29 is 4.79 Å². The van der Waals surface area contributed by atoms with Crippen LogP contribution in [-0.4, -0.2) is 25.7 Å². The van der Waals surface area contributed by atoms with Gasteiger partial charge in [-0.15, -0.1) is 0 Å². The van der Waals surface area contributed by atoms with Crippen LogP contribution in [0.1, 0.15) is 35.9 Å². The number of fused-ring (bicyclic) bond motifs is 1. The molecular formula is C16H16ClN5O. The molecule has 3 heterocycles. The van der Waals surface area contributed by atoms with Gasteiger partial charge >= 0.3 is 0 Å². The first-order valence-electron chi connectivity index (χ1n) is 7.21. The normalized spacial score (nSPS) is 11.2. The predicted octanol–water partition coefficient (Wildman–Crippen LogP) is 3.39. The summed E-state index contributed by atoms with van der Waals surface area (Å²) in [6.45, 7) is 4.07. The van der Waals surface area contributed by atoms with Crippen LogP contribution in [0.25, 0.3) is 11.0 Å². The average molecular weight is 330 g/mol. The third-order valence-corrected chi connectivity index (χ3v) is 3.68. The van der Waals surface area contributed by atoms with Crippen LogP contribution < -0.4 is 5.32 Å². The summed E-state index contributed by atoms with van der Waals surface area (Å²) in [4.78, 5) is 20.9. The minimum absolute atomic E-state index is 0.257. The van der Waals surface area contributed by atoms with Crippen LogP contribution in [0.4, 0.5) is 5.82 Å². The van der Waals surface area contributed by atoms with Crippen molar-refractivity contribution in [2.75, 3.05) is 5.32 Å². The predicted molar refractivity (Wildman–Crippen MR) is 89.8 cm³/mol. The molecule has 0 aliphatic carbocycles. The van der Waals surface area contributed by atoms with E-state index in [9.17, 15) is 4.79 Å². The summed E-state index contributed by atoms with van der Waals surface area (Å²) in [7, 11) is 1.75. The molecule has 0 atom stereocenters. The zero-order valence-corrected chi connectivity index (χ0v) is 13.8. The number of nitrogens with zero attached hydrogens (tertiary/aromatic N) is 4. The van der Waals surface area contributed by atoms with Crippen LogP contribution in [0.5, 0.6) is 0 Å². The maximum atomic E-state index is 12.4. The van der Waals surface area contributed by atoms with Gasteiger partial charge < -0.3 is 5.32 Å². The number of hydrogen-bond donors (Lipinski definition) is 1. The highest BCUT2D eigenvalue weighted by molar-refractivity contribution is 6.31. The van der Waals surface area contributed by atoms with Gasteiger partial charge in [-0.3, -0.25) is 9.48 Å². The maximum absolute atomic E-state index is 12.4. The summed E-state index contributed by atoms with van der Waals surface area (Å²) in [5, 5.41) is 8.48. The molecule has 0 unspecified atom stereocenters. The summed E-state index contributed by atoms with van der Waals surface area (Å²) >= 11 is 5.90. The van der Waals surface area contributed by atoms with Crippen LogP contribution in [0, 0.1) is 0 Å². The number of rotatable bonds is 3. The lowest BCUT2D eigenvalue weighted by atomic mass is 10.1. The Morgan fingerprint density at radius 1 is 1.30 bits per heavy atom. The SMILES string of the molecule is CC(C)c1cc(C(=O)Nc2ccc3cc(Cl)cnc3n2)n(C)n1.